The number of nitrogens with zero attached hydrogens (tertiary/aromatic N) is 1. The zero-order valence-electron chi connectivity index (χ0n) is 10.4. The van der Waals surface area contributed by atoms with Crippen molar-refractivity contribution < 1.29 is 9.90 Å². The average Bonchev–Trinajstić information content (AvgIpc) is 2.45. The molecular weight excluding hydrogens is 216 g/mol. The van der Waals surface area contributed by atoms with Gasteiger partial charge in [-0.1, -0.05) is 6.07 Å². The number of nitrogens with one attached hydrogen (secondary N) is 1. The molecule has 0 aromatic heterocycles. The van der Waals surface area contributed by atoms with Crippen molar-refractivity contribution in [2.75, 3.05) is 16.8 Å². The minimum absolute atomic E-state index is 0.151. The van der Waals surface area contributed by atoms with Crippen LogP contribution < -0.4 is 10.2 Å². The van der Waals surface area contributed by atoms with Gasteiger partial charge in [-0.25, -0.2) is 0 Å². The van der Waals surface area contributed by atoms with Gasteiger partial charge in [0.1, 0.15) is 5.66 Å². The molecule has 0 aliphatic carbocycles. The van der Waals surface area contributed by atoms with Crippen LogP contribution in [-0.4, -0.2) is 23.3 Å². The Morgan fingerprint density at radius 3 is 2.82 bits per heavy atom. The predicted molar refractivity (Wildman–Crippen MR) is 68.5 cm³/mol. The van der Waals surface area contributed by atoms with E-state index in [1.54, 1.807) is 0 Å². The Morgan fingerprint density at radius 1 is 1.47 bits per heavy atom. The van der Waals surface area contributed by atoms with E-state index in [0.29, 0.717) is 6.54 Å². The largest absolute Gasteiger partial charge is 0.481 e. The van der Waals surface area contributed by atoms with Gasteiger partial charge in [0.05, 0.1) is 17.8 Å². The summed E-state index contributed by atoms with van der Waals surface area (Å²) in [6.45, 7) is 6.68. The van der Waals surface area contributed by atoms with Crippen LogP contribution in [0.2, 0.25) is 0 Å². The highest BCUT2D eigenvalue weighted by Gasteiger charge is 2.35. The number of carbonyl (C=O) groups is 1. The van der Waals surface area contributed by atoms with Crippen molar-refractivity contribution in [1.29, 1.82) is 0 Å². The van der Waals surface area contributed by atoms with E-state index in [9.17, 15) is 4.79 Å². The molecule has 1 aliphatic heterocycles. The van der Waals surface area contributed by atoms with Gasteiger partial charge in [-0.3, -0.25) is 4.79 Å². The minimum atomic E-state index is -0.762. The number of rotatable bonds is 3. The summed E-state index contributed by atoms with van der Waals surface area (Å²) in [4.78, 5) is 12.8. The number of hydrogen-bond donors (Lipinski definition) is 2. The lowest BCUT2D eigenvalue weighted by atomic mass is 10.1. The first kappa shape index (κ1) is 11.8. The minimum Gasteiger partial charge on any atom is -0.481 e. The second kappa shape index (κ2) is 3.95. The maximum atomic E-state index is 10.7. The number of benzene rings is 1. The molecule has 0 amide bonds. The fourth-order valence-electron chi connectivity index (χ4n) is 2.28. The lowest BCUT2D eigenvalue weighted by Gasteiger charge is -2.33. The maximum Gasteiger partial charge on any atom is 0.305 e. The van der Waals surface area contributed by atoms with Gasteiger partial charge in [-0.05, 0) is 38.5 Å². The van der Waals surface area contributed by atoms with Crippen molar-refractivity contribution in [3.8, 4) is 0 Å². The number of aryl methyl sites for hydroxylation is 1. The second-order valence-corrected chi connectivity index (χ2v) is 5.00. The van der Waals surface area contributed by atoms with Crippen molar-refractivity contribution in [2.24, 2.45) is 0 Å². The van der Waals surface area contributed by atoms with Gasteiger partial charge in [0.2, 0.25) is 0 Å². The van der Waals surface area contributed by atoms with Crippen molar-refractivity contribution in [3.63, 3.8) is 0 Å². The molecule has 1 aliphatic rings. The molecule has 2 N–H and O–H groups in total. The molecular formula is C13H18N2O2. The zero-order chi connectivity index (χ0) is 12.6. The summed E-state index contributed by atoms with van der Waals surface area (Å²) in [5, 5.41) is 12.2. The predicted octanol–water partition coefficient (Wildman–Crippen LogP) is 2.44. The molecule has 17 heavy (non-hydrogen) atoms. The second-order valence-electron chi connectivity index (χ2n) is 5.00. The third-order valence-corrected chi connectivity index (χ3v) is 3.11. The highest BCUT2D eigenvalue weighted by Crippen LogP contribution is 2.40. The number of carboxylic acid groups (broad SMARTS) is 1. The van der Waals surface area contributed by atoms with Crippen LogP contribution in [0.5, 0.6) is 0 Å². The maximum absolute atomic E-state index is 10.7. The van der Waals surface area contributed by atoms with E-state index in [2.05, 4.69) is 36.2 Å². The summed E-state index contributed by atoms with van der Waals surface area (Å²) < 4.78 is 0. The zero-order valence-corrected chi connectivity index (χ0v) is 10.4. The Hall–Kier alpha value is -1.71. The molecule has 4 heteroatoms. The summed E-state index contributed by atoms with van der Waals surface area (Å²) in [6, 6.07) is 6.20. The fourth-order valence-corrected chi connectivity index (χ4v) is 2.28. The van der Waals surface area contributed by atoms with E-state index >= 15 is 0 Å². The van der Waals surface area contributed by atoms with Gasteiger partial charge in [0.25, 0.3) is 0 Å². The lowest BCUT2D eigenvalue weighted by Crippen LogP contribution is -2.46. The Kier molecular flexibility index (Phi) is 2.73. The highest BCUT2D eigenvalue weighted by atomic mass is 16.4. The van der Waals surface area contributed by atoms with E-state index in [-0.39, 0.29) is 12.1 Å². The molecule has 4 nitrogen and oxygen atoms in total. The Balaban J connectivity index is 2.30. The van der Waals surface area contributed by atoms with Crippen LogP contribution in [0.1, 0.15) is 25.8 Å². The topological polar surface area (TPSA) is 52.6 Å². The van der Waals surface area contributed by atoms with E-state index in [4.69, 9.17) is 5.11 Å². The van der Waals surface area contributed by atoms with E-state index in [1.807, 2.05) is 13.0 Å². The molecule has 1 aromatic carbocycles. The fraction of sp³-hybridized carbons (Fsp3) is 0.462. The Labute approximate surface area is 101 Å². The van der Waals surface area contributed by atoms with Crippen LogP contribution in [0.25, 0.3) is 0 Å². The number of carboxylic acids is 1. The summed E-state index contributed by atoms with van der Waals surface area (Å²) in [5.41, 5.74) is 3.12. The van der Waals surface area contributed by atoms with Crippen LogP contribution in [0, 0.1) is 6.92 Å². The normalized spacial score (nSPS) is 16.5. The first-order chi connectivity index (χ1) is 7.90. The first-order valence-electron chi connectivity index (χ1n) is 5.78. The average molecular weight is 234 g/mol. The number of aliphatic carboxylic acids is 1. The molecule has 0 atom stereocenters. The van der Waals surface area contributed by atoms with Crippen LogP contribution in [0.4, 0.5) is 11.4 Å². The number of hydrogen-bond acceptors (Lipinski definition) is 3. The smallest absolute Gasteiger partial charge is 0.305 e. The van der Waals surface area contributed by atoms with Crippen LogP contribution in [0.3, 0.4) is 0 Å². The van der Waals surface area contributed by atoms with E-state index in [0.717, 1.165) is 11.4 Å². The Bertz CT molecular complexity index is 455. The van der Waals surface area contributed by atoms with Crippen molar-refractivity contribution in [1.82, 2.24) is 0 Å². The van der Waals surface area contributed by atoms with Crippen LogP contribution in [-0.2, 0) is 4.79 Å². The monoisotopic (exact) mass is 234 g/mol. The highest BCUT2D eigenvalue weighted by molar-refractivity contribution is 5.79. The molecule has 92 valence electrons. The molecule has 0 fully saturated rings. The van der Waals surface area contributed by atoms with Gasteiger partial charge < -0.3 is 15.3 Å². The summed E-state index contributed by atoms with van der Waals surface area (Å²) in [5.74, 6) is -0.762. The lowest BCUT2D eigenvalue weighted by molar-refractivity contribution is -0.136. The summed E-state index contributed by atoms with van der Waals surface area (Å²) in [7, 11) is 0. The Morgan fingerprint density at radius 2 is 2.18 bits per heavy atom. The molecule has 0 unspecified atom stereocenters. The molecule has 0 spiro atoms. The third kappa shape index (κ3) is 2.20. The van der Waals surface area contributed by atoms with Crippen molar-refractivity contribution in [3.05, 3.63) is 23.8 Å². The van der Waals surface area contributed by atoms with Crippen LogP contribution in [0.15, 0.2) is 18.2 Å². The van der Waals surface area contributed by atoms with Crippen LogP contribution >= 0.6 is 0 Å². The van der Waals surface area contributed by atoms with Gasteiger partial charge in [0, 0.05) is 6.54 Å². The van der Waals surface area contributed by atoms with Gasteiger partial charge in [-0.2, -0.15) is 0 Å². The van der Waals surface area contributed by atoms with Crippen molar-refractivity contribution >= 4 is 17.3 Å². The first-order valence-corrected chi connectivity index (χ1v) is 5.78. The van der Waals surface area contributed by atoms with Crippen molar-refractivity contribution in [2.45, 2.75) is 32.9 Å². The van der Waals surface area contributed by atoms with E-state index < -0.39 is 5.97 Å². The number of anilines is 2. The molecule has 2 rings (SSSR count). The van der Waals surface area contributed by atoms with Gasteiger partial charge in [-0.15, -0.1) is 0 Å². The third-order valence-electron chi connectivity index (χ3n) is 3.11. The summed E-state index contributed by atoms with van der Waals surface area (Å²) in [6.07, 6.45) is 0.151. The SMILES string of the molecule is Cc1ccc2c(c1)N(CCC(=O)O)C(C)(C)N2. The molecule has 0 saturated carbocycles. The molecule has 0 saturated heterocycles. The van der Waals surface area contributed by atoms with Gasteiger partial charge in [0.15, 0.2) is 0 Å². The van der Waals surface area contributed by atoms with Gasteiger partial charge >= 0.3 is 5.97 Å². The molecule has 0 bridgehead atoms. The quantitative estimate of drug-likeness (QED) is 0.843. The molecule has 0 radical (unpaired) electrons. The van der Waals surface area contributed by atoms with E-state index in [1.165, 1.54) is 5.56 Å². The molecule has 1 heterocycles. The number of fused-ring (bicyclic) bond motifs is 1. The molecule has 1 aromatic rings. The summed E-state index contributed by atoms with van der Waals surface area (Å²) >= 11 is 0. The standard InChI is InChI=1S/C13H18N2O2/c1-9-4-5-10-11(8-9)15(7-6-12(16)17)13(2,3)14-10/h4-5,8,14H,6-7H2,1-3H3,(H,16,17).